The average molecular weight is 400 g/mol. The maximum atomic E-state index is 12.1. The smallest absolute Gasteiger partial charge is 0.315 e. The first-order valence-electron chi connectivity index (χ1n) is 9.15. The molecule has 0 saturated heterocycles. The van der Waals surface area contributed by atoms with Crippen LogP contribution in [0.2, 0.25) is 0 Å². The van der Waals surface area contributed by atoms with Crippen LogP contribution in [0.1, 0.15) is 42.0 Å². The van der Waals surface area contributed by atoms with Crippen molar-refractivity contribution in [3.63, 3.8) is 0 Å². The summed E-state index contributed by atoms with van der Waals surface area (Å²) in [6, 6.07) is 16.0. The van der Waals surface area contributed by atoms with Crippen LogP contribution in [0.4, 0.5) is 4.79 Å². The number of amides is 2. The first-order chi connectivity index (χ1) is 13.5. The molecule has 5 N–H and O–H groups in total. The van der Waals surface area contributed by atoms with Gasteiger partial charge in [0.25, 0.3) is 0 Å². The van der Waals surface area contributed by atoms with Gasteiger partial charge in [-0.1, -0.05) is 66.8 Å². The molecule has 0 fully saturated rings. The molecule has 0 aliphatic heterocycles. The van der Waals surface area contributed by atoms with E-state index in [1.54, 1.807) is 12.1 Å². The van der Waals surface area contributed by atoms with E-state index in [2.05, 4.69) is 10.6 Å². The predicted molar refractivity (Wildman–Crippen MR) is 113 cm³/mol. The molecule has 6 nitrogen and oxygen atoms in total. The van der Waals surface area contributed by atoms with Crippen LogP contribution < -0.4 is 16.4 Å². The van der Waals surface area contributed by atoms with Crippen LogP contribution in [0.3, 0.4) is 0 Å². The van der Waals surface area contributed by atoms with Gasteiger partial charge in [0, 0.05) is 12.1 Å². The van der Waals surface area contributed by atoms with Gasteiger partial charge >= 0.3 is 12.0 Å². The zero-order chi connectivity index (χ0) is 20.4. The summed E-state index contributed by atoms with van der Waals surface area (Å²) in [5, 5.41) is 14.6. The van der Waals surface area contributed by atoms with Crippen LogP contribution in [-0.2, 0) is 11.2 Å². The molecule has 0 heterocycles. The van der Waals surface area contributed by atoms with Gasteiger partial charge in [0.05, 0.1) is 12.5 Å². The lowest BCUT2D eigenvalue weighted by Gasteiger charge is -2.18. The number of aryl methyl sites for hydroxylation is 1. The minimum Gasteiger partial charge on any atom is -0.481 e. The monoisotopic (exact) mass is 399 g/mol. The molecule has 148 valence electrons. The second-order valence-corrected chi connectivity index (χ2v) is 6.92. The van der Waals surface area contributed by atoms with Gasteiger partial charge in [-0.2, -0.15) is 0 Å². The molecule has 0 radical (unpaired) electrons. The Morgan fingerprint density at radius 2 is 1.71 bits per heavy atom. The van der Waals surface area contributed by atoms with Crippen LogP contribution in [0.15, 0.2) is 54.6 Å². The fourth-order valence-electron chi connectivity index (χ4n) is 2.81. The summed E-state index contributed by atoms with van der Waals surface area (Å²) in [5.41, 5.74) is 8.39. The van der Waals surface area contributed by atoms with Crippen molar-refractivity contribution < 1.29 is 14.7 Å². The Bertz CT molecular complexity index is 794. The van der Waals surface area contributed by atoms with Crippen LogP contribution in [0.5, 0.6) is 0 Å². The SMILES string of the molecule is NC(=S)c1ccc(CCCCNC(=O)NC(CC(=O)O)c2ccccc2)cc1. The van der Waals surface area contributed by atoms with Gasteiger partial charge in [0.1, 0.15) is 4.99 Å². The van der Waals surface area contributed by atoms with Gasteiger partial charge in [0.15, 0.2) is 0 Å². The minimum atomic E-state index is -0.962. The van der Waals surface area contributed by atoms with Crippen LogP contribution in [0.25, 0.3) is 0 Å². The third-order valence-electron chi connectivity index (χ3n) is 4.30. The standard InChI is InChI=1S/C21H25N3O3S/c22-20(28)17-11-9-15(10-12-17)6-4-5-13-23-21(27)24-18(14-19(25)26)16-7-2-1-3-8-16/h1-3,7-12,18H,4-6,13-14H2,(H2,22,28)(H,25,26)(H2,23,24,27). The number of nitrogens with two attached hydrogens (primary N) is 1. The van der Waals surface area contributed by atoms with Crippen LogP contribution in [-0.4, -0.2) is 28.6 Å². The number of unbranched alkanes of at least 4 members (excludes halogenated alkanes) is 1. The summed E-state index contributed by atoms with van der Waals surface area (Å²) in [5.74, 6) is -0.962. The Kier molecular flexibility index (Phi) is 8.42. The van der Waals surface area contributed by atoms with Gasteiger partial charge in [-0.3, -0.25) is 4.79 Å². The molecule has 2 amide bonds. The average Bonchev–Trinajstić information content (AvgIpc) is 2.68. The highest BCUT2D eigenvalue weighted by Crippen LogP contribution is 2.16. The van der Waals surface area contributed by atoms with Crippen LogP contribution in [0, 0.1) is 0 Å². The molecule has 1 atom stereocenters. The van der Waals surface area contributed by atoms with Crippen molar-refractivity contribution in [3.05, 3.63) is 71.3 Å². The van der Waals surface area contributed by atoms with E-state index in [-0.39, 0.29) is 12.5 Å². The molecule has 0 saturated carbocycles. The van der Waals surface area contributed by atoms with E-state index in [0.29, 0.717) is 11.5 Å². The highest BCUT2D eigenvalue weighted by atomic mass is 32.1. The van der Waals surface area contributed by atoms with E-state index < -0.39 is 12.0 Å². The quantitative estimate of drug-likeness (QED) is 0.363. The number of carbonyl (C=O) groups excluding carboxylic acids is 1. The normalized spacial score (nSPS) is 11.4. The second-order valence-electron chi connectivity index (χ2n) is 6.48. The van der Waals surface area contributed by atoms with Crippen LogP contribution >= 0.6 is 12.2 Å². The number of thiocarbonyl (C=S) groups is 1. The number of rotatable bonds is 10. The number of carboxylic acids is 1. The molecular formula is C21H25N3O3S. The van der Waals surface area contributed by atoms with E-state index in [9.17, 15) is 9.59 Å². The van der Waals surface area contributed by atoms with Crippen molar-refractivity contribution in [1.29, 1.82) is 0 Å². The molecule has 0 aliphatic carbocycles. The highest BCUT2D eigenvalue weighted by Gasteiger charge is 2.17. The Hall–Kier alpha value is -2.93. The molecule has 2 aromatic rings. The summed E-state index contributed by atoms with van der Waals surface area (Å²) in [7, 11) is 0. The highest BCUT2D eigenvalue weighted by molar-refractivity contribution is 7.80. The number of benzene rings is 2. The maximum absolute atomic E-state index is 12.1. The van der Waals surface area contributed by atoms with Crippen molar-refractivity contribution in [2.75, 3.05) is 6.54 Å². The fourth-order valence-corrected chi connectivity index (χ4v) is 2.95. The largest absolute Gasteiger partial charge is 0.481 e. The maximum Gasteiger partial charge on any atom is 0.315 e. The number of urea groups is 1. The zero-order valence-corrected chi connectivity index (χ0v) is 16.4. The third-order valence-corrected chi connectivity index (χ3v) is 4.54. The van der Waals surface area contributed by atoms with E-state index in [1.165, 1.54) is 5.56 Å². The molecule has 2 aromatic carbocycles. The summed E-state index contributed by atoms with van der Waals surface area (Å²) >= 11 is 4.93. The van der Waals surface area contributed by atoms with Crippen molar-refractivity contribution in [2.24, 2.45) is 5.73 Å². The fraction of sp³-hybridized carbons (Fsp3) is 0.286. The van der Waals surface area contributed by atoms with E-state index in [1.807, 2.05) is 42.5 Å². The Morgan fingerprint density at radius 3 is 2.32 bits per heavy atom. The Balaban J connectivity index is 1.72. The molecule has 28 heavy (non-hydrogen) atoms. The lowest BCUT2D eigenvalue weighted by molar-refractivity contribution is -0.137. The van der Waals surface area contributed by atoms with E-state index >= 15 is 0 Å². The topological polar surface area (TPSA) is 104 Å². The van der Waals surface area contributed by atoms with E-state index in [0.717, 1.165) is 30.4 Å². The van der Waals surface area contributed by atoms with Gasteiger partial charge in [-0.25, -0.2) is 4.79 Å². The Morgan fingerprint density at radius 1 is 1.04 bits per heavy atom. The molecular weight excluding hydrogens is 374 g/mol. The summed E-state index contributed by atoms with van der Waals surface area (Å²) in [4.78, 5) is 23.6. The third kappa shape index (κ3) is 7.36. The molecule has 0 spiro atoms. The number of carboxylic acid groups (broad SMARTS) is 1. The van der Waals surface area contributed by atoms with Crippen molar-refractivity contribution in [3.8, 4) is 0 Å². The van der Waals surface area contributed by atoms with Crippen molar-refractivity contribution in [2.45, 2.75) is 31.7 Å². The molecule has 1 unspecified atom stereocenters. The summed E-state index contributed by atoms with van der Waals surface area (Å²) in [6.07, 6.45) is 2.47. The second kappa shape index (κ2) is 11.0. The van der Waals surface area contributed by atoms with E-state index in [4.69, 9.17) is 23.1 Å². The first kappa shape index (κ1) is 21.4. The first-order valence-corrected chi connectivity index (χ1v) is 9.56. The molecule has 7 heteroatoms. The number of hydrogen-bond donors (Lipinski definition) is 4. The number of aliphatic carboxylic acids is 1. The van der Waals surface area contributed by atoms with Gasteiger partial charge < -0.3 is 21.5 Å². The number of nitrogens with one attached hydrogen (secondary N) is 2. The number of carbonyl (C=O) groups is 2. The summed E-state index contributed by atoms with van der Waals surface area (Å²) in [6.45, 7) is 0.519. The number of hydrogen-bond acceptors (Lipinski definition) is 3. The lowest BCUT2D eigenvalue weighted by atomic mass is 10.0. The molecule has 0 aliphatic rings. The molecule has 0 aromatic heterocycles. The lowest BCUT2D eigenvalue weighted by Crippen LogP contribution is -2.39. The van der Waals surface area contributed by atoms with Gasteiger partial charge in [-0.15, -0.1) is 0 Å². The van der Waals surface area contributed by atoms with Gasteiger partial charge in [0.2, 0.25) is 0 Å². The molecule has 2 rings (SSSR count). The predicted octanol–water partition coefficient (Wildman–Crippen LogP) is 3.16. The van der Waals surface area contributed by atoms with Gasteiger partial charge in [-0.05, 0) is 30.4 Å². The summed E-state index contributed by atoms with van der Waals surface area (Å²) < 4.78 is 0. The van der Waals surface area contributed by atoms with Crippen molar-refractivity contribution in [1.82, 2.24) is 10.6 Å². The zero-order valence-electron chi connectivity index (χ0n) is 15.6. The molecule has 0 bridgehead atoms. The Labute approximate surface area is 170 Å². The van der Waals surface area contributed by atoms with Crippen molar-refractivity contribution >= 4 is 29.2 Å². The minimum absolute atomic E-state index is 0.167.